The quantitative estimate of drug-likeness (QED) is 0.931. The van der Waals surface area contributed by atoms with Crippen LogP contribution in [0.1, 0.15) is 18.4 Å². The van der Waals surface area contributed by atoms with Crippen LogP contribution < -0.4 is 0 Å². The van der Waals surface area contributed by atoms with E-state index in [1.54, 1.807) is 24.3 Å². The van der Waals surface area contributed by atoms with E-state index in [0.29, 0.717) is 24.4 Å². The number of carbonyl (C=O) groups is 2. The maximum absolute atomic E-state index is 11.9. The highest BCUT2D eigenvalue weighted by Gasteiger charge is 2.28. The molecule has 1 atom stereocenters. The van der Waals surface area contributed by atoms with Gasteiger partial charge in [-0.25, -0.2) is 4.79 Å². The normalized spacial score (nSPS) is 18.6. The predicted molar refractivity (Wildman–Crippen MR) is 73.6 cm³/mol. The number of halogens is 1. The number of amides is 1. The Morgan fingerprint density at radius 2 is 2.05 bits per heavy atom. The fourth-order valence-electron chi connectivity index (χ4n) is 2.16. The summed E-state index contributed by atoms with van der Waals surface area (Å²) >= 11 is 5.77. The van der Waals surface area contributed by atoms with Gasteiger partial charge in [0.1, 0.15) is 6.61 Å². The van der Waals surface area contributed by atoms with Crippen molar-refractivity contribution in [2.45, 2.75) is 19.4 Å². The third kappa shape index (κ3) is 3.87. The van der Waals surface area contributed by atoms with Crippen LogP contribution in [0.3, 0.4) is 0 Å². The summed E-state index contributed by atoms with van der Waals surface area (Å²) in [5, 5.41) is 9.61. The molecule has 1 amide bonds. The number of aliphatic carboxylic acids is 1. The first-order valence-corrected chi connectivity index (χ1v) is 6.83. The Morgan fingerprint density at radius 3 is 2.70 bits per heavy atom. The van der Waals surface area contributed by atoms with E-state index in [1.807, 2.05) is 0 Å². The zero-order chi connectivity index (χ0) is 14.5. The van der Waals surface area contributed by atoms with Crippen molar-refractivity contribution in [1.29, 1.82) is 0 Å². The molecule has 1 N–H and O–H groups in total. The summed E-state index contributed by atoms with van der Waals surface area (Å²) in [5.74, 6) is -1.35. The minimum atomic E-state index is -0.861. The molecule has 0 bridgehead atoms. The van der Waals surface area contributed by atoms with Gasteiger partial charge in [-0.05, 0) is 30.5 Å². The van der Waals surface area contributed by atoms with E-state index in [9.17, 15) is 9.59 Å². The van der Waals surface area contributed by atoms with Gasteiger partial charge in [-0.15, -0.1) is 0 Å². The van der Waals surface area contributed by atoms with Crippen LogP contribution in [-0.4, -0.2) is 35.2 Å². The fraction of sp³-hybridized carbons (Fsp3) is 0.429. The van der Waals surface area contributed by atoms with Crippen molar-refractivity contribution in [1.82, 2.24) is 4.90 Å². The van der Waals surface area contributed by atoms with Gasteiger partial charge < -0.3 is 14.7 Å². The minimum Gasteiger partial charge on any atom is -0.481 e. The smallest absolute Gasteiger partial charge is 0.410 e. The largest absolute Gasteiger partial charge is 0.481 e. The molecule has 0 radical (unpaired) electrons. The lowest BCUT2D eigenvalue weighted by Gasteiger charge is -2.29. The molecule has 1 saturated heterocycles. The molecule has 20 heavy (non-hydrogen) atoms. The summed E-state index contributed by atoms with van der Waals surface area (Å²) in [4.78, 5) is 24.3. The molecule has 2 rings (SSSR count). The Kier molecular flexibility index (Phi) is 4.84. The second-order valence-electron chi connectivity index (χ2n) is 4.80. The van der Waals surface area contributed by atoms with Gasteiger partial charge in [-0.1, -0.05) is 23.7 Å². The SMILES string of the molecule is O=C(O)[C@H]1CCCN(C(=O)OCc2ccc(Cl)cc2)C1. The maximum Gasteiger partial charge on any atom is 0.410 e. The third-order valence-electron chi connectivity index (χ3n) is 3.30. The monoisotopic (exact) mass is 297 g/mol. The highest BCUT2D eigenvalue weighted by atomic mass is 35.5. The van der Waals surface area contributed by atoms with Gasteiger partial charge in [0, 0.05) is 18.1 Å². The van der Waals surface area contributed by atoms with Crippen LogP contribution in [-0.2, 0) is 16.1 Å². The van der Waals surface area contributed by atoms with Crippen molar-refractivity contribution in [2.75, 3.05) is 13.1 Å². The van der Waals surface area contributed by atoms with Crippen molar-refractivity contribution in [3.05, 3.63) is 34.9 Å². The topological polar surface area (TPSA) is 66.8 Å². The highest BCUT2D eigenvalue weighted by molar-refractivity contribution is 6.30. The molecule has 1 aliphatic rings. The summed E-state index contributed by atoms with van der Waals surface area (Å²) in [7, 11) is 0. The first-order valence-electron chi connectivity index (χ1n) is 6.45. The number of ether oxygens (including phenoxy) is 1. The standard InChI is InChI=1S/C14H16ClNO4/c15-12-5-3-10(4-6-12)9-20-14(19)16-7-1-2-11(8-16)13(17)18/h3-6,11H,1-2,7-9H2,(H,17,18)/t11-/m0/s1. The molecule has 0 unspecified atom stereocenters. The summed E-state index contributed by atoms with van der Waals surface area (Å²) in [6.07, 6.45) is 0.828. The Balaban J connectivity index is 1.85. The van der Waals surface area contributed by atoms with Gasteiger partial charge in [-0.2, -0.15) is 0 Å². The van der Waals surface area contributed by atoms with Crippen LogP contribution in [0.2, 0.25) is 5.02 Å². The van der Waals surface area contributed by atoms with E-state index in [-0.39, 0.29) is 13.2 Å². The van der Waals surface area contributed by atoms with Crippen molar-refractivity contribution >= 4 is 23.7 Å². The predicted octanol–water partition coefficient (Wildman–Crippen LogP) is 2.77. The van der Waals surface area contributed by atoms with Crippen LogP contribution in [0.5, 0.6) is 0 Å². The number of hydrogen-bond donors (Lipinski definition) is 1. The van der Waals surface area contributed by atoms with E-state index in [4.69, 9.17) is 21.4 Å². The maximum atomic E-state index is 11.9. The number of carbonyl (C=O) groups excluding carboxylic acids is 1. The first-order chi connectivity index (χ1) is 9.56. The Hall–Kier alpha value is -1.75. The number of benzene rings is 1. The van der Waals surface area contributed by atoms with Crippen LogP contribution in [0.25, 0.3) is 0 Å². The van der Waals surface area contributed by atoms with Crippen LogP contribution in [0.15, 0.2) is 24.3 Å². The van der Waals surface area contributed by atoms with Crippen molar-refractivity contribution in [2.24, 2.45) is 5.92 Å². The van der Waals surface area contributed by atoms with E-state index in [2.05, 4.69) is 0 Å². The van der Waals surface area contributed by atoms with Crippen molar-refractivity contribution in [3.8, 4) is 0 Å². The summed E-state index contributed by atoms with van der Waals surface area (Å²) in [6.45, 7) is 0.919. The number of piperidine rings is 1. The number of rotatable bonds is 3. The average Bonchev–Trinajstić information content (AvgIpc) is 2.46. The third-order valence-corrected chi connectivity index (χ3v) is 3.56. The molecule has 6 heteroatoms. The number of carboxylic acid groups (broad SMARTS) is 1. The molecule has 1 aromatic rings. The molecule has 0 saturated carbocycles. The molecule has 1 aromatic carbocycles. The summed E-state index contributed by atoms with van der Waals surface area (Å²) in [6, 6.07) is 7.02. The molecule has 0 spiro atoms. The zero-order valence-corrected chi connectivity index (χ0v) is 11.7. The van der Waals surface area contributed by atoms with Crippen molar-refractivity contribution < 1.29 is 19.4 Å². The number of nitrogens with zero attached hydrogens (tertiary/aromatic N) is 1. The molecule has 1 fully saturated rings. The highest BCUT2D eigenvalue weighted by Crippen LogP contribution is 2.18. The van der Waals surface area contributed by atoms with Gasteiger partial charge in [-0.3, -0.25) is 4.79 Å². The molecule has 108 valence electrons. The molecular weight excluding hydrogens is 282 g/mol. The van der Waals surface area contributed by atoms with Crippen molar-refractivity contribution in [3.63, 3.8) is 0 Å². The molecule has 0 aliphatic carbocycles. The van der Waals surface area contributed by atoms with Gasteiger partial charge in [0.15, 0.2) is 0 Å². The van der Waals surface area contributed by atoms with Gasteiger partial charge in [0.05, 0.1) is 5.92 Å². The van der Waals surface area contributed by atoms with Gasteiger partial charge >= 0.3 is 12.1 Å². The molecule has 1 aliphatic heterocycles. The van der Waals surface area contributed by atoms with Crippen LogP contribution in [0, 0.1) is 5.92 Å². The van der Waals surface area contributed by atoms with Gasteiger partial charge in [0.2, 0.25) is 0 Å². The second kappa shape index (κ2) is 6.61. The molecule has 0 aromatic heterocycles. The Morgan fingerprint density at radius 1 is 1.35 bits per heavy atom. The average molecular weight is 298 g/mol. The van der Waals surface area contributed by atoms with Gasteiger partial charge in [0.25, 0.3) is 0 Å². The van der Waals surface area contributed by atoms with Crippen LogP contribution >= 0.6 is 11.6 Å². The minimum absolute atomic E-state index is 0.157. The molecular formula is C14H16ClNO4. The number of hydrogen-bond acceptors (Lipinski definition) is 3. The lowest BCUT2D eigenvalue weighted by atomic mass is 9.99. The first kappa shape index (κ1) is 14.7. The second-order valence-corrected chi connectivity index (χ2v) is 5.24. The van der Waals surface area contributed by atoms with E-state index in [1.165, 1.54) is 4.90 Å². The fourth-order valence-corrected chi connectivity index (χ4v) is 2.29. The zero-order valence-electron chi connectivity index (χ0n) is 10.9. The Bertz CT molecular complexity index is 488. The summed E-state index contributed by atoms with van der Waals surface area (Å²) in [5.41, 5.74) is 0.842. The number of carboxylic acids is 1. The van der Waals surface area contributed by atoms with E-state index < -0.39 is 18.0 Å². The lowest BCUT2D eigenvalue weighted by molar-refractivity contribution is -0.143. The van der Waals surface area contributed by atoms with E-state index >= 15 is 0 Å². The summed E-state index contributed by atoms with van der Waals surface area (Å²) < 4.78 is 5.19. The van der Waals surface area contributed by atoms with E-state index in [0.717, 1.165) is 5.56 Å². The molecule has 5 nitrogen and oxygen atoms in total. The number of likely N-dealkylation sites (tertiary alicyclic amines) is 1. The molecule has 1 heterocycles. The lowest BCUT2D eigenvalue weighted by Crippen LogP contribution is -2.42. The Labute approximate surface area is 122 Å². The van der Waals surface area contributed by atoms with Crippen LogP contribution in [0.4, 0.5) is 4.79 Å².